The third kappa shape index (κ3) is 3.99. The van der Waals surface area contributed by atoms with Crippen molar-refractivity contribution in [2.75, 3.05) is 19.7 Å². The number of primary amides is 1. The molecule has 1 saturated heterocycles. The number of amides is 2. The van der Waals surface area contributed by atoms with E-state index in [1.165, 1.54) is 0 Å². The van der Waals surface area contributed by atoms with E-state index in [2.05, 4.69) is 0 Å². The summed E-state index contributed by atoms with van der Waals surface area (Å²) in [4.78, 5) is 25.7. The van der Waals surface area contributed by atoms with Gasteiger partial charge in [0, 0.05) is 42.1 Å². The lowest BCUT2D eigenvalue weighted by Crippen LogP contribution is -2.41. The van der Waals surface area contributed by atoms with Crippen LogP contribution >= 0.6 is 0 Å². The van der Waals surface area contributed by atoms with Gasteiger partial charge >= 0.3 is 0 Å². The zero-order valence-electron chi connectivity index (χ0n) is 16.1. The molecule has 0 spiro atoms. The number of likely N-dealkylation sites (tertiary alicyclic amines) is 1. The van der Waals surface area contributed by atoms with Crippen LogP contribution in [0.4, 0.5) is 0 Å². The van der Waals surface area contributed by atoms with Crippen LogP contribution in [-0.2, 0) is 9.59 Å². The number of aryl methyl sites for hydroxylation is 1. The first-order valence-corrected chi connectivity index (χ1v) is 9.32. The number of nitrogens with two attached hydrogens (primary N) is 1. The molecule has 2 amide bonds. The fourth-order valence-electron chi connectivity index (χ4n) is 3.50. The molecule has 2 aromatic rings. The Morgan fingerprint density at radius 1 is 1.33 bits per heavy atom. The quantitative estimate of drug-likeness (QED) is 0.819. The van der Waals surface area contributed by atoms with E-state index in [0.717, 1.165) is 27.7 Å². The van der Waals surface area contributed by atoms with Crippen LogP contribution in [-0.4, -0.2) is 36.4 Å². The molecule has 0 bridgehead atoms. The second kappa shape index (κ2) is 7.86. The standard InChI is InChI=1S/C21H26N2O4/c1-4-26-18-11-19-17(14(3)12-27-19)10-16(18)13(2)9-20(24)23-7-5-15(6-8-23)21(22)25/h9-12,15H,4-8H2,1-3H3,(H2,22,25)/b13-9+. The van der Waals surface area contributed by atoms with Gasteiger partial charge in [-0.05, 0) is 50.8 Å². The number of allylic oxidation sites excluding steroid dienone is 1. The monoisotopic (exact) mass is 370 g/mol. The van der Waals surface area contributed by atoms with Gasteiger partial charge in [-0.25, -0.2) is 0 Å². The molecular weight excluding hydrogens is 344 g/mol. The summed E-state index contributed by atoms with van der Waals surface area (Å²) in [5.41, 5.74) is 8.90. The van der Waals surface area contributed by atoms with Crippen LogP contribution in [0.1, 0.15) is 37.8 Å². The minimum absolute atomic E-state index is 0.0538. The van der Waals surface area contributed by atoms with Gasteiger partial charge in [0.25, 0.3) is 0 Å². The highest BCUT2D eigenvalue weighted by molar-refractivity contribution is 5.97. The van der Waals surface area contributed by atoms with Crippen LogP contribution in [0.5, 0.6) is 5.75 Å². The summed E-state index contributed by atoms with van der Waals surface area (Å²) in [6.07, 6.45) is 4.61. The summed E-state index contributed by atoms with van der Waals surface area (Å²) in [5.74, 6) is 0.240. The normalized spacial score (nSPS) is 16.0. The molecule has 0 saturated carbocycles. The van der Waals surface area contributed by atoms with Crippen molar-refractivity contribution < 1.29 is 18.7 Å². The molecule has 1 aliphatic rings. The van der Waals surface area contributed by atoms with Crippen LogP contribution in [0, 0.1) is 12.8 Å². The van der Waals surface area contributed by atoms with Crippen LogP contribution in [0.3, 0.4) is 0 Å². The maximum atomic E-state index is 12.7. The minimum atomic E-state index is -0.279. The van der Waals surface area contributed by atoms with Crippen molar-refractivity contribution in [2.24, 2.45) is 11.7 Å². The second-order valence-corrected chi connectivity index (χ2v) is 7.03. The fraction of sp³-hybridized carbons (Fsp3) is 0.429. The summed E-state index contributed by atoms with van der Waals surface area (Å²) >= 11 is 0. The molecule has 3 rings (SSSR count). The van der Waals surface area contributed by atoms with E-state index in [1.807, 2.05) is 32.9 Å². The number of nitrogens with zero attached hydrogens (tertiary/aromatic N) is 1. The molecule has 0 aliphatic carbocycles. The molecule has 27 heavy (non-hydrogen) atoms. The van der Waals surface area contributed by atoms with Crippen LogP contribution in [0.2, 0.25) is 0 Å². The summed E-state index contributed by atoms with van der Waals surface area (Å²) < 4.78 is 11.3. The lowest BCUT2D eigenvalue weighted by atomic mass is 9.96. The van der Waals surface area contributed by atoms with Crippen molar-refractivity contribution in [3.05, 3.63) is 35.6 Å². The molecule has 1 aromatic heterocycles. The third-order valence-electron chi connectivity index (χ3n) is 5.14. The first kappa shape index (κ1) is 19.0. The third-order valence-corrected chi connectivity index (χ3v) is 5.14. The maximum Gasteiger partial charge on any atom is 0.246 e. The predicted octanol–water partition coefficient (Wildman–Crippen LogP) is 3.27. The van der Waals surface area contributed by atoms with Gasteiger partial charge in [0.1, 0.15) is 11.3 Å². The second-order valence-electron chi connectivity index (χ2n) is 7.03. The van der Waals surface area contributed by atoms with E-state index < -0.39 is 0 Å². The molecule has 0 radical (unpaired) electrons. The molecule has 1 aliphatic heterocycles. The van der Waals surface area contributed by atoms with Gasteiger partial charge in [-0.2, -0.15) is 0 Å². The molecular formula is C21H26N2O4. The first-order valence-electron chi connectivity index (χ1n) is 9.32. The van der Waals surface area contributed by atoms with Crippen molar-refractivity contribution in [3.63, 3.8) is 0 Å². The van der Waals surface area contributed by atoms with Gasteiger partial charge in [-0.1, -0.05) is 0 Å². The Labute approximate surface area is 158 Å². The number of hydrogen-bond acceptors (Lipinski definition) is 4. The van der Waals surface area contributed by atoms with Gasteiger partial charge in [0.2, 0.25) is 11.8 Å². The largest absolute Gasteiger partial charge is 0.493 e. The maximum absolute atomic E-state index is 12.7. The Morgan fingerprint density at radius 2 is 2.04 bits per heavy atom. The summed E-state index contributed by atoms with van der Waals surface area (Å²) in [7, 11) is 0. The average molecular weight is 370 g/mol. The van der Waals surface area contributed by atoms with Crippen molar-refractivity contribution in [3.8, 4) is 5.75 Å². The van der Waals surface area contributed by atoms with Gasteiger partial charge < -0.3 is 19.8 Å². The highest BCUT2D eigenvalue weighted by Gasteiger charge is 2.25. The van der Waals surface area contributed by atoms with Crippen molar-refractivity contribution in [1.82, 2.24) is 4.90 Å². The highest BCUT2D eigenvalue weighted by atomic mass is 16.5. The van der Waals surface area contributed by atoms with E-state index in [0.29, 0.717) is 38.3 Å². The Kier molecular flexibility index (Phi) is 5.54. The number of benzene rings is 1. The van der Waals surface area contributed by atoms with E-state index >= 15 is 0 Å². The first-order chi connectivity index (χ1) is 12.9. The zero-order valence-corrected chi connectivity index (χ0v) is 16.1. The number of ether oxygens (including phenoxy) is 1. The van der Waals surface area contributed by atoms with Crippen molar-refractivity contribution in [2.45, 2.75) is 33.6 Å². The Morgan fingerprint density at radius 3 is 2.67 bits per heavy atom. The molecule has 6 heteroatoms. The summed E-state index contributed by atoms with van der Waals surface area (Å²) in [6.45, 7) is 7.45. The number of hydrogen-bond donors (Lipinski definition) is 1. The summed E-state index contributed by atoms with van der Waals surface area (Å²) in [6, 6.07) is 3.89. The topological polar surface area (TPSA) is 85.8 Å². The molecule has 0 atom stereocenters. The number of furan rings is 1. The van der Waals surface area contributed by atoms with Crippen LogP contribution < -0.4 is 10.5 Å². The summed E-state index contributed by atoms with van der Waals surface area (Å²) in [5, 5.41) is 1.01. The lowest BCUT2D eigenvalue weighted by molar-refractivity contribution is -0.130. The molecule has 1 aromatic carbocycles. The van der Waals surface area contributed by atoms with E-state index in [9.17, 15) is 9.59 Å². The highest BCUT2D eigenvalue weighted by Crippen LogP contribution is 2.33. The molecule has 6 nitrogen and oxygen atoms in total. The number of rotatable bonds is 5. The van der Waals surface area contributed by atoms with Crippen molar-refractivity contribution in [1.29, 1.82) is 0 Å². The van der Waals surface area contributed by atoms with Crippen LogP contribution in [0.25, 0.3) is 16.5 Å². The smallest absolute Gasteiger partial charge is 0.246 e. The van der Waals surface area contributed by atoms with E-state index in [-0.39, 0.29) is 17.7 Å². The Hall–Kier alpha value is -2.76. The molecule has 0 unspecified atom stereocenters. The molecule has 2 N–H and O–H groups in total. The molecule has 2 heterocycles. The minimum Gasteiger partial charge on any atom is -0.493 e. The van der Waals surface area contributed by atoms with Crippen LogP contribution in [0.15, 0.2) is 28.9 Å². The number of fused-ring (bicyclic) bond motifs is 1. The Balaban J connectivity index is 1.84. The lowest BCUT2D eigenvalue weighted by Gasteiger charge is -2.30. The van der Waals surface area contributed by atoms with Gasteiger partial charge in [0.05, 0.1) is 12.9 Å². The SMILES string of the molecule is CCOc1cc2occ(C)c2cc1/C(C)=C/C(=O)N1CCC(C(N)=O)CC1. The Bertz CT molecular complexity index is 889. The van der Waals surface area contributed by atoms with Gasteiger partial charge in [0.15, 0.2) is 0 Å². The number of piperidine rings is 1. The fourth-order valence-corrected chi connectivity index (χ4v) is 3.50. The molecule has 144 valence electrons. The zero-order chi connectivity index (χ0) is 19.6. The number of carbonyl (C=O) groups excluding carboxylic acids is 2. The van der Waals surface area contributed by atoms with Crippen molar-refractivity contribution >= 4 is 28.4 Å². The number of carbonyl (C=O) groups is 2. The van der Waals surface area contributed by atoms with E-state index in [1.54, 1.807) is 17.2 Å². The predicted molar refractivity (Wildman–Crippen MR) is 104 cm³/mol. The molecule has 1 fully saturated rings. The van der Waals surface area contributed by atoms with Gasteiger partial charge in [-0.3, -0.25) is 9.59 Å². The van der Waals surface area contributed by atoms with Gasteiger partial charge in [-0.15, -0.1) is 0 Å². The van der Waals surface area contributed by atoms with E-state index in [4.69, 9.17) is 14.9 Å². The average Bonchev–Trinajstić information content (AvgIpc) is 3.01.